The minimum Gasteiger partial charge on any atom is -0.497 e. The van der Waals surface area contributed by atoms with Crippen LogP contribution in [0.5, 0.6) is 5.75 Å². The first-order valence-electron chi connectivity index (χ1n) is 4.78. The second-order valence-electron chi connectivity index (χ2n) is 3.74. The van der Waals surface area contributed by atoms with Crippen molar-refractivity contribution in [3.8, 4) is 5.75 Å². The van der Waals surface area contributed by atoms with Gasteiger partial charge in [-0.1, -0.05) is 6.07 Å². The molecule has 80 valence electrons. The Morgan fingerprint density at radius 2 is 2.33 bits per heavy atom. The van der Waals surface area contributed by atoms with E-state index in [0.717, 1.165) is 16.9 Å². The highest BCUT2D eigenvalue weighted by Crippen LogP contribution is 2.36. The first kappa shape index (κ1) is 9.98. The summed E-state index contributed by atoms with van der Waals surface area (Å²) in [5.74, 6) is -0.625. The summed E-state index contributed by atoms with van der Waals surface area (Å²) in [5, 5.41) is 8.97. The monoisotopic (exact) mass is 207 g/mol. The zero-order valence-electron chi connectivity index (χ0n) is 8.43. The van der Waals surface area contributed by atoms with Crippen LogP contribution in [0, 0.1) is 5.92 Å². The van der Waals surface area contributed by atoms with Gasteiger partial charge in [0.1, 0.15) is 5.75 Å². The third kappa shape index (κ3) is 1.57. The number of methoxy groups -OCH3 is 1. The van der Waals surface area contributed by atoms with Gasteiger partial charge in [0.25, 0.3) is 0 Å². The topological polar surface area (TPSA) is 72.5 Å². The van der Waals surface area contributed by atoms with Crippen molar-refractivity contribution in [1.82, 2.24) is 0 Å². The van der Waals surface area contributed by atoms with Crippen LogP contribution in [0.15, 0.2) is 18.2 Å². The Labute approximate surface area is 87.7 Å². The number of aliphatic carboxylic acids is 1. The maximum atomic E-state index is 10.9. The van der Waals surface area contributed by atoms with Gasteiger partial charge in [-0.25, -0.2) is 0 Å². The molecule has 0 radical (unpaired) electrons. The van der Waals surface area contributed by atoms with Crippen molar-refractivity contribution in [2.24, 2.45) is 11.7 Å². The third-order valence-corrected chi connectivity index (χ3v) is 2.90. The fourth-order valence-corrected chi connectivity index (χ4v) is 2.02. The summed E-state index contributed by atoms with van der Waals surface area (Å²) in [6.07, 6.45) is 0.510. The number of carboxylic acids is 1. The summed E-state index contributed by atoms with van der Waals surface area (Å²) in [6.45, 7) is 0. The number of carboxylic acid groups (broad SMARTS) is 1. The zero-order valence-corrected chi connectivity index (χ0v) is 8.43. The lowest BCUT2D eigenvalue weighted by atomic mass is 10.0. The van der Waals surface area contributed by atoms with E-state index in [9.17, 15) is 4.79 Å². The molecule has 15 heavy (non-hydrogen) atoms. The highest BCUT2D eigenvalue weighted by Gasteiger charge is 2.34. The number of hydrogen-bond acceptors (Lipinski definition) is 3. The van der Waals surface area contributed by atoms with Crippen molar-refractivity contribution in [1.29, 1.82) is 0 Å². The molecule has 0 heterocycles. The molecule has 1 aromatic rings. The molecular weight excluding hydrogens is 194 g/mol. The zero-order chi connectivity index (χ0) is 11.0. The fraction of sp³-hybridized carbons (Fsp3) is 0.364. The van der Waals surface area contributed by atoms with E-state index in [1.165, 1.54) is 0 Å². The Hall–Kier alpha value is -1.55. The van der Waals surface area contributed by atoms with Crippen LogP contribution in [-0.4, -0.2) is 18.2 Å². The quantitative estimate of drug-likeness (QED) is 0.757. The third-order valence-electron chi connectivity index (χ3n) is 2.90. The average Bonchev–Trinajstić information content (AvgIpc) is 2.56. The van der Waals surface area contributed by atoms with Gasteiger partial charge in [0.2, 0.25) is 0 Å². The maximum Gasteiger partial charge on any atom is 0.308 e. The van der Waals surface area contributed by atoms with E-state index in [2.05, 4.69) is 0 Å². The van der Waals surface area contributed by atoms with Crippen molar-refractivity contribution >= 4 is 5.97 Å². The smallest absolute Gasteiger partial charge is 0.308 e. The largest absolute Gasteiger partial charge is 0.497 e. The van der Waals surface area contributed by atoms with Crippen LogP contribution in [0.25, 0.3) is 0 Å². The maximum absolute atomic E-state index is 10.9. The van der Waals surface area contributed by atoms with E-state index in [1.54, 1.807) is 7.11 Å². The molecule has 4 nitrogen and oxygen atoms in total. The fourth-order valence-electron chi connectivity index (χ4n) is 2.02. The molecule has 0 aromatic heterocycles. The van der Waals surface area contributed by atoms with E-state index >= 15 is 0 Å². The summed E-state index contributed by atoms with van der Waals surface area (Å²) in [7, 11) is 1.58. The molecule has 2 unspecified atom stereocenters. The van der Waals surface area contributed by atoms with E-state index in [0.29, 0.717) is 6.42 Å². The predicted octanol–water partition coefficient (Wildman–Crippen LogP) is 0.952. The lowest BCUT2D eigenvalue weighted by Crippen LogP contribution is -2.24. The van der Waals surface area contributed by atoms with Gasteiger partial charge in [0.05, 0.1) is 13.0 Å². The van der Waals surface area contributed by atoms with E-state index < -0.39 is 17.9 Å². The number of fused-ring (bicyclic) bond motifs is 1. The second kappa shape index (κ2) is 3.55. The first-order chi connectivity index (χ1) is 7.13. The number of hydrogen-bond donors (Lipinski definition) is 2. The summed E-state index contributed by atoms with van der Waals surface area (Å²) >= 11 is 0. The van der Waals surface area contributed by atoms with Gasteiger partial charge >= 0.3 is 5.97 Å². The van der Waals surface area contributed by atoms with Gasteiger partial charge in [-0.15, -0.1) is 0 Å². The molecule has 1 aliphatic carbocycles. The minimum absolute atomic E-state index is 0.424. The first-order valence-corrected chi connectivity index (χ1v) is 4.78. The number of rotatable bonds is 2. The second-order valence-corrected chi connectivity index (χ2v) is 3.74. The highest BCUT2D eigenvalue weighted by molar-refractivity contribution is 5.73. The van der Waals surface area contributed by atoms with Gasteiger partial charge < -0.3 is 15.6 Å². The molecular formula is C11H13NO3. The Balaban J connectivity index is 2.37. The summed E-state index contributed by atoms with van der Waals surface area (Å²) in [6, 6.07) is 5.11. The standard InChI is InChI=1S/C11H13NO3/c1-15-7-3-2-6-4-9(11(13)14)10(12)8(6)5-7/h2-3,5,9-10H,4,12H2,1H3,(H,13,14). The van der Waals surface area contributed by atoms with Gasteiger partial charge in [0.15, 0.2) is 0 Å². The molecule has 0 amide bonds. The predicted molar refractivity (Wildman–Crippen MR) is 54.8 cm³/mol. The van der Waals surface area contributed by atoms with Crippen molar-refractivity contribution in [2.75, 3.05) is 7.11 Å². The van der Waals surface area contributed by atoms with Crippen LogP contribution in [0.3, 0.4) is 0 Å². The van der Waals surface area contributed by atoms with Crippen LogP contribution in [0.2, 0.25) is 0 Å². The molecule has 0 saturated carbocycles. The minimum atomic E-state index is -0.835. The number of carbonyl (C=O) groups is 1. The molecule has 0 aliphatic heterocycles. The van der Waals surface area contributed by atoms with E-state index in [4.69, 9.17) is 15.6 Å². The Morgan fingerprint density at radius 1 is 1.60 bits per heavy atom. The molecule has 1 aromatic carbocycles. The van der Waals surface area contributed by atoms with Gasteiger partial charge in [-0.3, -0.25) is 4.79 Å². The lowest BCUT2D eigenvalue weighted by Gasteiger charge is -2.11. The number of benzene rings is 1. The van der Waals surface area contributed by atoms with E-state index in [1.807, 2.05) is 18.2 Å². The van der Waals surface area contributed by atoms with Crippen LogP contribution in [0.1, 0.15) is 17.2 Å². The number of nitrogens with two attached hydrogens (primary N) is 1. The van der Waals surface area contributed by atoms with Crippen molar-refractivity contribution in [3.63, 3.8) is 0 Å². The SMILES string of the molecule is COc1ccc2c(c1)C(N)C(C(=O)O)C2. The summed E-state index contributed by atoms with van der Waals surface area (Å²) in [4.78, 5) is 10.9. The van der Waals surface area contributed by atoms with Crippen molar-refractivity contribution in [3.05, 3.63) is 29.3 Å². The normalized spacial score (nSPS) is 23.6. The molecule has 0 spiro atoms. The molecule has 3 N–H and O–H groups in total. The molecule has 1 aliphatic rings. The molecule has 0 saturated heterocycles. The van der Waals surface area contributed by atoms with E-state index in [-0.39, 0.29) is 0 Å². The lowest BCUT2D eigenvalue weighted by molar-refractivity contribution is -0.142. The summed E-state index contributed by atoms with van der Waals surface area (Å²) < 4.78 is 5.08. The summed E-state index contributed by atoms with van der Waals surface area (Å²) in [5.41, 5.74) is 7.78. The average molecular weight is 207 g/mol. The molecule has 2 rings (SSSR count). The Kier molecular flexibility index (Phi) is 2.36. The molecule has 0 fully saturated rings. The van der Waals surface area contributed by atoms with Crippen LogP contribution >= 0.6 is 0 Å². The molecule has 0 bridgehead atoms. The van der Waals surface area contributed by atoms with Crippen molar-refractivity contribution in [2.45, 2.75) is 12.5 Å². The Morgan fingerprint density at radius 3 is 2.93 bits per heavy atom. The van der Waals surface area contributed by atoms with Crippen LogP contribution in [-0.2, 0) is 11.2 Å². The Bertz CT molecular complexity index is 403. The van der Waals surface area contributed by atoms with Gasteiger partial charge in [0, 0.05) is 6.04 Å². The van der Waals surface area contributed by atoms with Crippen molar-refractivity contribution < 1.29 is 14.6 Å². The van der Waals surface area contributed by atoms with Crippen LogP contribution < -0.4 is 10.5 Å². The molecule has 4 heteroatoms. The van der Waals surface area contributed by atoms with Gasteiger partial charge in [-0.05, 0) is 29.7 Å². The molecule has 2 atom stereocenters. The number of ether oxygens (including phenoxy) is 1. The van der Waals surface area contributed by atoms with Gasteiger partial charge in [-0.2, -0.15) is 0 Å². The highest BCUT2D eigenvalue weighted by atomic mass is 16.5. The van der Waals surface area contributed by atoms with Crippen LogP contribution in [0.4, 0.5) is 0 Å².